The molecule has 1 saturated carbocycles. The monoisotopic (exact) mass is 297 g/mol. The molecule has 0 aliphatic heterocycles. The molecule has 0 aromatic carbocycles. The molecule has 19 heavy (non-hydrogen) atoms. The third-order valence-electron chi connectivity index (χ3n) is 3.69. The number of aromatic nitrogens is 2. The van der Waals surface area contributed by atoms with E-state index in [2.05, 4.69) is 17.1 Å². The van der Waals surface area contributed by atoms with E-state index in [4.69, 9.17) is 21.9 Å². The van der Waals surface area contributed by atoms with Gasteiger partial charge in [0.05, 0.1) is 14.8 Å². The van der Waals surface area contributed by atoms with Crippen LogP contribution in [0.2, 0.25) is 4.34 Å². The van der Waals surface area contributed by atoms with Crippen molar-refractivity contribution in [3.8, 4) is 10.8 Å². The summed E-state index contributed by atoms with van der Waals surface area (Å²) in [5, 5.41) is 4.08. The number of hydrogen-bond donors (Lipinski definition) is 1. The van der Waals surface area contributed by atoms with Crippen molar-refractivity contribution < 1.29 is 4.52 Å². The maximum absolute atomic E-state index is 6.46. The highest BCUT2D eigenvalue weighted by molar-refractivity contribution is 7.19. The van der Waals surface area contributed by atoms with Crippen molar-refractivity contribution in [3.05, 3.63) is 22.3 Å². The highest BCUT2D eigenvalue weighted by Crippen LogP contribution is 2.38. The summed E-state index contributed by atoms with van der Waals surface area (Å²) in [5.74, 6) is 1.74. The van der Waals surface area contributed by atoms with Gasteiger partial charge in [-0.1, -0.05) is 36.5 Å². The average Bonchev–Trinajstić information content (AvgIpc) is 2.96. The Hall–Kier alpha value is -0.910. The lowest BCUT2D eigenvalue weighted by molar-refractivity contribution is 0.222. The molecule has 1 fully saturated rings. The largest absolute Gasteiger partial charge is 0.333 e. The maximum atomic E-state index is 6.46. The van der Waals surface area contributed by atoms with Crippen LogP contribution in [0.4, 0.5) is 0 Å². The minimum Gasteiger partial charge on any atom is -0.333 e. The average molecular weight is 298 g/mol. The van der Waals surface area contributed by atoms with Gasteiger partial charge in [0.2, 0.25) is 0 Å². The fraction of sp³-hybridized carbons (Fsp3) is 0.538. The van der Waals surface area contributed by atoms with Gasteiger partial charge in [0, 0.05) is 0 Å². The Morgan fingerprint density at radius 3 is 3.05 bits per heavy atom. The number of nitrogens with two attached hydrogens (primary N) is 1. The quantitative estimate of drug-likeness (QED) is 0.915. The van der Waals surface area contributed by atoms with Gasteiger partial charge in [-0.25, -0.2) is 0 Å². The zero-order valence-corrected chi connectivity index (χ0v) is 12.3. The summed E-state index contributed by atoms with van der Waals surface area (Å²) in [7, 11) is 0. The summed E-state index contributed by atoms with van der Waals surface area (Å²) in [6, 6.07) is 3.71. The number of rotatable bonds is 2. The molecule has 1 aliphatic carbocycles. The minimum atomic E-state index is -0.444. The Morgan fingerprint density at radius 2 is 2.37 bits per heavy atom. The zero-order valence-electron chi connectivity index (χ0n) is 10.7. The molecule has 0 spiro atoms. The van der Waals surface area contributed by atoms with Crippen molar-refractivity contribution in [1.82, 2.24) is 10.1 Å². The molecule has 0 bridgehead atoms. The van der Waals surface area contributed by atoms with Gasteiger partial charge in [0.1, 0.15) is 0 Å². The number of thiophene rings is 1. The molecule has 2 aromatic heterocycles. The van der Waals surface area contributed by atoms with Gasteiger partial charge in [-0.3, -0.25) is 0 Å². The molecule has 1 aliphatic rings. The highest BCUT2D eigenvalue weighted by atomic mass is 35.5. The zero-order chi connectivity index (χ0) is 13.5. The van der Waals surface area contributed by atoms with Crippen LogP contribution in [0.1, 0.15) is 38.4 Å². The number of hydrogen-bond acceptors (Lipinski definition) is 5. The van der Waals surface area contributed by atoms with Crippen LogP contribution in [-0.2, 0) is 5.54 Å². The predicted octanol–water partition coefficient (Wildman–Crippen LogP) is 3.82. The van der Waals surface area contributed by atoms with Crippen molar-refractivity contribution in [3.63, 3.8) is 0 Å². The molecule has 6 heteroatoms. The maximum Gasteiger partial charge on any atom is 0.268 e. The summed E-state index contributed by atoms with van der Waals surface area (Å²) < 4.78 is 6.04. The van der Waals surface area contributed by atoms with E-state index in [9.17, 15) is 0 Å². The molecule has 4 nitrogen and oxygen atoms in total. The van der Waals surface area contributed by atoms with Gasteiger partial charge in [-0.05, 0) is 30.9 Å². The molecule has 2 atom stereocenters. The van der Waals surface area contributed by atoms with Crippen LogP contribution in [0.5, 0.6) is 0 Å². The van der Waals surface area contributed by atoms with E-state index in [0.717, 1.165) is 24.1 Å². The van der Waals surface area contributed by atoms with E-state index >= 15 is 0 Å². The molecular formula is C13H16ClN3OS. The van der Waals surface area contributed by atoms with Crippen LogP contribution in [0.3, 0.4) is 0 Å². The van der Waals surface area contributed by atoms with Crippen LogP contribution >= 0.6 is 22.9 Å². The molecule has 2 N–H and O–H groups in total. The standard InChI is InChI=1S/C13H16ClN3OS/c1-8-3-2-6-13(15,7-8)12-16-11(18-17-12)9-4-5-10(14)19-9/h4-5,8H,2-3,6-7,15H2,1H3. The summed E-state index contributed by atoms with van der Waals surface area (Å²) in [6.07, 6.45) is 4.18. The topological polar surface area (TPSA) is 64.9 Å². The van der Waals surface area contributed by atoms with Crippen LogP contribution in [0, 0.1) is 5.92 Å². The van der Waals surface area contributed by atoms with Crippen LogP contribution in [0.25, 0.3) is 10.8 Å². The third-order valence-corrected chi connectivity index (χ3v) is 4.91. The fourth-order valence-electron chi connectivity index (χ4n) is 2.75. The lowest BCUT2D eigenvalue weighted by Gasteiger charge is -2.33. The Morgan fingerprint density at radius 1 is 1.53 bits per heavy atom. The lowest BCUT2D eigenvalue weighted by Crippen LogP contribution is -2.42. The normalized spacial score (nSPS) is 27.6. The highest BCUT2D eigenvalue weighted by Gasteiger charge is 2.37. The number of halogens is 1. The van der Waals surface area contributed by atoms with Gasteiger partial charge in [-0.15, -0.1) is 11.3 Å². The van der Waals surface area contributed by atoms with Gasteiger partial charge >= 0.3 is 0 Å². The Labute approximate surface area is 121 Å². The van der Waals surface area contributed by atoms with E-state index in [0.29, 0.717) is 22.0 Å². The van der Waals surface area contributed by atoms with Crippen molar-refractivity contribution in [2.45, 2.75) is 38.1 Å². The first-order chi connectivity index (χ1) is 9.07. The van der Waals surface area contributed by atoms with Crippen molar-refractivity contribution in [2.75, 3.05) is 0 Å². The van der Waals surface area contributed by atoms with Gasteiger partial charge < -0.3 is 10.3 Å². The second-order valence-electron chi connectivity index (χ2n) is 5.38. The molecule has 102 valence electrons. The molecule has 0 saturated heterocycles. The summed E-state index contributed by atoms with van der Waals surface area (Å²) in [6.45, 7) is 2.22. The first-order valence-electron chi connectivity index (χ1n) is 6.46. The van der Waals surface area contributed by atoms with Crippen LogP contribution in [0.15, 0.2) is 16.7 Å². The van der Waals surface area contributed by atoms with Gasteiger partial charge in [0.25, 0.3) is 5.89 Å². The second-order valence-corrected chi connectivity index (χ2v) is 7.10. The van der Waals surface area contributed by atoms with Gasteiger partial charge in [-0.2, -0.15) is 4.98 Å². The smallest absolute Gasteiger partial charge is 0.268 e. The lowest BCUT2D eigenvalue weighted by atomic mass is 9.76. The first-order valence-corrected chi connectivity index (χ1v) is 7.65. The second kappa shape index (κ2) is 4.89. The van der Waals surface area contributed by atoms with Crippen LogP contribution < -0.4 is 5.73 Å². The van der Waals surface area contributed by atoms with Gasteiger partial charge in [0.15, 0.2) is 5.82 Å². The Kier molecular flexibility index (Phi) is 3.37. The van der Waals surface area contributed by atoms with Crippen molar-refractivity contribution in [1.29, 1.82) is 0 Å². The van der Waals surface area contributed by atoms with Crippen molar-refractivity contribution in [2.24, 2.45) is 11.7 Å². The van der Waals surface area contributed by atoms with E-state index in [1.807, 2.05) is 12.1 Å². The first kappa shape index (κ1) is 13.1. The Bertz CT molecular complexity index is 582. The SMILES string of the molecule is CC1CCCC(N)(c2noc(-c3ccc(Cl)s3)n2)C1. The van der Waals surface area contributed by atoms with E-state index in [1.165, 1.54) is 17.8 Å². The molecule has 0 amide bonds. The molecular weight excluding hydrogens is 282 g/mol. The summed E-state index contributed by atoms with van der Waals surface area (Å²) in [4.78, 5) is 5.36. The summed E-state index contributed by atoms with van der Waals surface area (Å²) >= 11 is 7.34. The van der Waals surface area contributed by atoms with E-state index in [1.54, 1.807) is 0 Å². The molecule has 2 unspecified atom stereocenters. The van der Waals surface area contributed by atoms with Crippen LogP contribution in [-0.4, -0.2) is 10.1 Å². The predicted molar refractivity (Wildman–Crippen MR) is 76.1 cm³/mol. The van der Waals surface area contributed by atoms with E-state index < -0.39 is 5.54 Å². The number of nitrogens with zero attached hydrogens (tertiary/aromatic N) is 2. The summed E-state index contributed by atoms with van der Waals surface area (Å²) in [5.41, 5.74) is 6.02. The fourth-order valence-corrected chi connectivity index (χ4v) is 3.71. The third kappa shape index (κ3) is 2.55. The van der Waals surface area contributed by atoms with E-state index in [-0.39, 0.29) is 0 Å². The molecule has 2 aromatic rings. The molecule has 0 radical (unpaired) electrons. The Balaban J connectivity index is 1.88. The molecule has 3 rings (SSSR count). The minimum absolute atomic E-state index is 0.444. The van der Waals surface area contributed by atoms with Crippen molar-refractivity contribution >= 4 is 22.9 Å². The molecule has 2 heterocycles.